The molecule has 2 amide bonds. The summed E-state index contributed by atoms with van der Waals surface area (Å²) in [6.07, 6.45) is -4.38. The van der Waals surface area contributed by atoms with Crippen molar-refractivity contribution in [1.29, 1.82) is 0 Å². The van der Waals surface area contributed by atoms with Gasteiger partial charge in [-0.15, -0.1) is 0 Å². The number of aryl methyl sites for hydroxylation is 1. The highest BCUT2D eigenvalue weighted by molar-refractivity contribution is 5.96. The first-order valence-electron chi connectivity index (χ1n) is 10.4. The van der Waals surface area contributed by atoms with Gasteiger partial charge in [0.15, 0.2) is 17.3 Å². The molecule has 188 valence electrons. The number of hydrazine groups is 1. The van der Waals surface area contributed by atoms with Gasteiger partial charge in [-0.2, -0.15) is 13.2 Å². The van der Waals surface area contributed by atoms with Crippen molar-refractivity contribution in [3.63, 3.8) is 0 Å². The van der Waals surface area contributed by atoms with E-state index in [0.29, 0.717) is 6.61 Å². The molecule has 0 bridgehead atoms. The van der Waals surface area contributed by atoms with Gasteiger partial charge in [0, 0.05) is 25.0 Å². The van der Waals surface area contributed by atoms with Gasteiger partial charge >= 0.3 is 6.18 Å². The molecule has 0 saturated heterocycles. The summed E-state index contributed by atoms with van der Waals surface area (Å²) in [4.78, 5) is 28.3. The van der Waals surface area contributed by atoms with Crippen LogP contribution in [0.4, 0.5) is 13.2 Å². The third kappa shape index (κ3) is 5.90. The summed E-state index contributed by atoms with van der Waals surface area (Å²) in [6, 6.07) is 2.69. The van der Waals surface area contributed by atoms with E-state index >= 15 is 0 Å². The molecule has 0 saturated carbocycles. The number of aromatic nitrogens is 2. The quantitative estimate of drug-likeness (QED) is 0.438. The SMILES string of the molecule is CCOc1cc(C(=O)NNC(=O)CC(O)(c2nccn2C)C(F)(F)F)cc(OCC)c1OCC. The second-order valence-corrected chi connectivity index (χ2v) is 7.00. The Balaban J connectivity index is 2.21. The minimum Gasteiger partial charge on any atom is -0.490 e. The summed E-state index contributed by atoms with van der Waals surface area (Å²) in [5.74, 6) is -2.20. The molecule has 0 aliphatic rings. The molecule has 0 aliphatic carbocycles. The number of ether oxygens (including phenoxy) is 3. The Morgan fingerprint density at radius 1 is 1.03 bits per heavy atom. The molecule has 1 atom stereocenters. The van der Waals surface area contributed by atoms with Crippen LogP contribution < -0.4 is 25.1 Å². The Morgan fingerprint density at radius 3 is 2.03 bits per heavy atom. The van der Waals surface area contributed by atoms with Crippen LogP contribution in [0.1, 0.15) is 43.4 Å². The molecular formula is C21H27F3N4O6. The Bertz CT molecular complexity index is 984. The maximum Gasteiger partial charge on any atom is 0.425 e. The Labute approximate surface area is 194 Å². The van der Waals surface area contributed by atoms with E-state index in [1.165, 1.54) is 25.4 Å². The van der Waals surface area contributed by atoms with Crippen molar-refractivity contribution in [3.8, 4) is 17.2 Å². The van der Waals surface area contributed by atoms with Gasteiger partial charge in [0.05, 0.1) is 26.2 Å². The van der Waals surface area contributed by atoms with Crippen LogP contribution in [0, 0.1) is 0 Å². The van der Waals surface area contributed by atoms with Gasteiger partial charge in [-0.25, -0.2) is 4.98 Å². The maximum absolute atomic E-state index is 13.6. The zero-order valence-corrected chi connectivity index (χ0v) is 19.2. The molecule has 0 spiro atoms. The molecule has 1 aromatic heterocycles. The molecule has 2 aromatic rings. The van der Waals surface area contributed by atoms with Crippen LogP contribution in [0.25, 0.3) is 0 Å². The number of carbonyl (C=O) groups is 2. The average Bonchev–Trinajstić information content (AvgIpc) is 3.20. The summed E-state index contributed by atoms with van der Waals surface area (Å²) >= 11 is 0. The highest BCUT2D eigenvalue weighted by atomic mass is 19.4. The number of rotatable bonds is 10. The second kappa shape index (κ2) is 11.1. The number of hydrogen-bond acceptors (Lipinski definition) is 7. The molecular weight excluding hydrogens is 461 g/mol. The number of nitrogens with one attached hydrogen (secondary N) is 2. The molecule has 2 rings (SSSR count). The third-order valence-electron chi connectivity index (χ3n) is 4.56. The van der Waals surface area contributed by atoms with Gasteiger partial charge in [0.25, 0.3) is 5.91 Å². The minimum atomic E-state index is -5.21. The van der Waals surface area contributed by atoms with Gasteiger partial charge in [-0.1, -0.05) is 0 Å². The fourth-order valence-electron chi connectivity index (χ4n) is 3.07. The Morgan fingerprint density at radius 2 is 1.59 bits per heavy atom. The molecule has 3 N–H and O–H groups in total. The molecule has 0 radical (unpaired) electrons. The molecule has 1 heterocycles. The first-order valence-corrected chi connectivity index (χ1v) is 10.4. The maximum atomic E-state index is 13.6. The monoisotopic (exact) mass is 488 g/mol. The largest absolute Gasteiger partial charge is 0.490 e. The number of amides is 2. The van der Waals surface area contributed by atoms with Crippen LogP contribution in [-0.4, -0.2) is 52.5 Å². The van der Waals surface area contributed by atoms with E-state index in [1.807, 2.05) is 10.9 Å². The molecule has 0 aliphatic heterocycles. The van der Waals surface area contributed by atoms with Crippen molar-refractivity contribution in [2.75, 3.05) is 19.8 Å². The zero-order valence-electron chi connectivity index (χ0n) is 19.2. The van der Waals surface area contributed by atoms with E-state index in [4.69, 9.17) is 14.2 Å². The van der Waals surface area contributed by atoms with E-state index in [-0.39, 0.29) is 36.0 Å². The van der Waals surface area contributed by atoms with Crippen LogP contribution in [-0.2, 0) is 17.4 Å². The minimum absolute atomic E-state index is 0.00848. The van der Waals surface area contributed by atoms with Gasteiger partial charge in [-0.05, 0) is 32.9 Å². The number of imidazole rings is 1. The number of carbonyl (C=O) groups excluding carboxylic acids is 2. The standard InChI is InChI=1S/C21H27F3N4O6/c1-5-32-14-10-13(11-15(33-6-2)17(14)34-7-3)18(30)27-26-16(29)12-20(31,21(22,23)24)19-25-8-9-28(19)4/h8-11,31H,5-7,12H2,1-4H3,(H,26,29)(H,27,30). The lowest BCUT2D eigenvalue weighted by atomic mass is 9.97. The van der Waals surface area contributed by atoms with Gasteiger partial charge in [0.2, 0.25) is 17.3 Å². The average molecular weight is 488 g/mol. The lowest BCUT2D eigenvalue weighted by Gasteiger charge is -2.29. The Hall–Kier alpha value is -3.48. The number of aliphatic hydroxyl groups is 1. The van der Waals surface area contributed by atoms with Crippen molar-refractivity contribution in [1.82, 2.24) is 20.4 Å². The van der Waals surface area contributed by atoms with E-state index in [9.17, 15) is 27.9 Å². The normalized spacial score (nSPS) is 13.1. The molecule has 1 unspecified atom stereocenters. The van der Waals surface area contributed by atoms with Crippen molar-refractivity contribution in [2.24, 2.45) is 7.05 Å². The topological polar surface area (TPSA) is 124 Å². The first kappa shape index (κ1) is 26.8. The number of alkyl halides is 3. The van der Waals surface area contributed by atoms with E-state index in [1.54, 1.807) is 20.8 Å². The zero-order chi connectivity index (χ0) is 25.5. The number of benzene rings is 1. The summed E-state index contributed by atoms with van der Waals surface area (Å²) < 4.78 is 58.3. The molecule has 13 heteroatoms. The van der Waals surface area contributed by atoms with Crippen molar-refractivity contribution in [3.05, 3.63) is 35.9 Å². The fraction of sp³-hybridized carbons (Fsp3) is 0.476. The lowest BCUT2D eigenvalue weighted by molar-refractivity contribution is -0.271. The van der Waals surface area contributed by atoms with Crippen molar-refractivity contribution < 1.29 is 42.1 Å². The van der Waals surface area contributed by atoms with Crippen LogP contribution >= 0.6 is 0 Å². The highest BCUT2D eigenvalue weighted by Gasteiger charge is 2.58. The second-order valence-electron chi connectivity index (χ2n) is 7.00. The fourth-order valence-corrected chi connectivity index (χ4v) is 3.07. The predicted octanol–water partition coefficient (Wildman–Crippen LogP) is 2.22. The van der Waals surface area contributed by atoms with Crippen LogP contribution in [0.2, 0.25) is 0 Å². The predicted molar refractivity (Wildman–Crippen MR) is 113 cm³/mol. The highest BCUT2D eigenvalue weighted by Crippen LogP contribution is 2.41. The summed E-state index contributed by atoms with van der Waals surface area (Å²) in [6.45, 7) is 6.04. The van der Waals surface area contributed by atoms with Gasteiger partial charge in [-0.3, -0.25) is 20.4 Å². The number of nitrogens with zero attached hydrogens (tertiary/aromatic N) is 2. The van der Waals surface area contributed by atoms with Crippen molar-refractivity contribution >= 4 is 11.8 Å². The van der Waals surface area contributed by atoms with Crippen molar-refractivity contribution in [2.45, 2.75) is 39.0 Å². The lowest BCUT2D eigenvalue weighted by Crippen LogP contribution is -2.50. The van der Waals surface area contributed by atoms with E-state index in [2.05, 4.69) is 4.98 Å². The smallest absolute Gasteiger partial charge is 0.425 e. The van der Waals surface area contributed by atoms with Crippen LogP contribution in [0.15, 0.2) is 24.5 Å². The Kier molecular flexibility index (Phi) is 8.74. The number of halogens is 3. The molecule has 34 heavy (non-hydrogen) atoms. The van der Waals surface area contributed by atoms with Gasteiger partial charge in [0.1, 0.15) is 0 Å². The van der Waals surface area contributed by atoms with Crippen LogP contribution in [0.5, 0.6) is 17.2 Å². The van der Waals surface area contributed by atoms with Gasteiger partial charge < -0.3 is 23.9 Å². The third-order valence-corrected chi connectivity index (χ3v) is 4.56. The van der Waals surface area contributed by atoms with Crippen LogP contribution in [0.3, 0.4) is 0 Å². The van der Waals surface area contributed by atoms with E-state index in [0.717, 1.165) is 10.8 Å². The summed E-state index contributed by atoms with van der Waals surface area (Å²) in [5.41, 5.74) is 0.337. The number of hydrogen-bond donors (Lipinski definition) is 3. The first-order chi connectivity index (χ1) is 16.0. The molecule has 1 aromatic carbocycles. The van der Waals surface area contributed by atoms with E-state index < -0.39 is 35.8 Å². The summed E-state index contributed by atoms with van der Waals surface area (Å²) in [7, 11) is 1.25. The molecule has 10 nitrogen and oxygen atoms in total. The molecule has 0 fully saturated rings. The summed E-state index contributed by atoms with van der Waals surface area (Å²) in [5, 5.41) is 10.3.